The van der Waals surface area contributed by atoms with Gasteiger partial charge in [-0.1, -0.05) is 6.92 Å². The molecular weight excluding hydrogens is 374 g/mol. The van der Waals surface area contributed by atoms with Gasteiger partial charge in [-0.25, -0.2) is 4.79 Å². The van der Waals surface area contributed by atoms with E-state index >= 15 is 0 Å². The molecule has 0 aliphatic carbocycles. The maximum Gasteiger partial charge on any atom is 0.338 e. The minimum atomic E-state index is -0.711. The van der Waals surface area contributed by atoms with Crippen molar-refractivity contribution in [2.45, 2.75) is 57.9 Å². The summed E-state index contributed by atoms with van der Waals surface area (Å²) in [6.07, 6.45) is 7.04. The van der Waals surface area contributed by atoms with Gasteiger partial charge >= 0.3 is 5.97 Å². The molecule has 0 saturated carbocycles. The summed E-state index contributed by atoms with van der Waals surface area (Å²) in [5, 5.41) is 11.5. The van der Waals surface area contributed by atoms with Crippen LogP contribution in [0.1, 0.15) is 62.2 Å². The van der Waals surface area contributed by atoms with E-state index in [1.54, 1.807) is 17.0 Å². The summed E-state index contributed by atoms with van der Waals surface area (Å²) in [6, 6.07) is 4.60. The molecule has 1 atom stereocenters. The molecule has 2 aliphatic heterocycles. The number of ether oxygens (including phenoxy) is 1. The highest BCUT2D eigenvalue weighted by molar-refractivity contribution is 5.93. The van der Waals surface area contributed by atoms with Crippen molar-refractivity contribution in [1.29, 1.82) is 0 Å². The lowest BCUT2D eigenvalue weighted by atomic mass is 10.00. The van der Waals surface area contributed by atoms with Crippen LogP contribution >= 0.6 is 0 Å². The van der Waals surface area contributed by atoms with Gasteiger partial charge in [-0.15, -0.1) is 0 Å². The first-order valence-electron chi connectivity index (χ1n) is 10.5. The predicted octanol–water partition coefficient (Wildman–Crippen LogP) is 3.53. The summed E-state index contributed by atoms with van der Waals surface area (Å²) in [6.45, 7) is 3.94. The largest absolute Gasteiger partial charge is 0.452 e. The number of carbonyl (C=O) groups is 2. The predicted molar refractivity (Wildman–Crippen MR) is 109 cm³/mol. The number of nitro benzene ring substituents is 1. The Hall–Kier alpha value is -2.64. The average molecular weight is 403 g/mol. The molecule has 0 unspecified atom stereocenters. The second-order valence-corrected chi connectivity index (χ2v) is 7.73. The Bertz CT molecular complexity index is 761. The summed E-state index contributed by atoms with van der Waals surface area (Å²) in [7, 11) is 0. The molecule has 1 amide bonds. The van der Waals surface area contributed by atoms with Crippen molar-refractivity contribution >= 4 is 23.3 Å². The van der Waals surface area contributed by atoms with Crippen molar-refractivity contribution in [3.8, 4) is 0 Å². The van der Waals surface area contributed by atoms with Crippen molar-refractivity contribution in [2.24, 2.45) is 0 Å². The molecule has 2 aliphatic rings. The summed E-state index contributed by atoms with van der Waals surface area (Å²) in [4.78, 5) is 39.7. The standard InChI is InChI=1S/C21H29N3O5/c1-2-17-8-4-7-13-23(17)20(25)15-29-21(26)16-9-10-18(19(14-16)24(27)28)22-11-5-3-6-12-22/h9-10,14,17H,2-8,11-13,15H2,1H3/t17-/m1/s1. The first-order valence-corrected chi connectivity index (χ1v) is 10.5. The van der Waals surface area contributed by atoms with E-state index in [0.29, 0.717) is 12.2 Å². The van der Waals surface area contributed by atoms with Gasteiger partial charge in [0, 0.05) is 31.7 Å². The fourth-order valence-corrected chi connectivity index (χ4v) is 4.25. The fraction of sp³-hybridized carbons (Fsp3) is 0.619. The minimum absolute atomic E-state index is 0.0935. The minimum Gasteiger partial charge on any atom is -0.452 e. The molecule has 3 rings (SSSR count). The van der Waals surface area contributed by atoms with Crippen LogP contribution < -0.4 is 4.90 Å². The molecule has 2 fully saturated rings. The van der Waals surface area contributed by atoms with Gasteiger partial charge in [-0.05, 0) is 57.1 Å². The smallest absolute Gasteiger partial charge is 0.338 e. The highest BCUT2D eigenvalue weighted by Crippen LogP contribution is 2.31. The Morgan fingerprint density at radius 3 is 2.55 bits per heavy atom. The third-order valence-corrected chi connectivity index (χ3v) is 5.85. The third kappa shape index (κ3) is 5.05. The van der Waals surface area contributed by atoms with Crippen molar-refractivity contribution in [3.63, 3.8) is 0 Å². The van der Waals surface area contributed by atoms with E-state index < -0.39 is 10.9 Å². The van der Waals surface area contributed by atoms with Crippen LogP contribution in [0.5, 0.6) is 0 Å². The number of esters is 1. The number of piperidine rings is 2. The Morgan fingerprint density at radius 2 is 1.86 bits per heavy atom. The van der Waals surface area contributed by atoms with E-state index in [1.165, 1.54) is 6.07 Å². The third-order valence-electron chi connectivity index (χ3n) is 5.85. The van der Waals surface area contributed by atoms with Crippen molar-refractivity contribution < 1.29 is 19.2 Å². The van der Waals surface area contributed by atoms with E-state index in [9.17, 15) is 19.7 Å². The molecule has 0 N–H and O–H groups in total. The maximum atomic E-state index is 12.5. The topological polar surface area (TPSA) is 93.0 Å². The molecule has 8 nitrogen and oxygen atoms in total. The molecule has 1 aromatic carbocycles. The maximum absolute atomic E-state index is 12.5. The number of hydrogen-bond donors (Lipinski definition) is 0. The lowest BCUT2D eigenvalue weighted by Gasteiger charge is -2.35. The van der Waals surface area contributed by atoms with E-state index in [4.69, 9.17) is 4.74 Å². The monoisotopic (exact) mass is 403 g/mol. The Kier molecular flexibility index (Phi) is 7.06. The number of likely N-dealkylation sites (tertiary alicyclic amines) is 1. The van der Waals surface area contributed by atoms with Gasteiger partial charge in [0.2, 0.25) is 0 Å². The van der Waals surface area contributed by atoms with Crippen LogP contribution in [0.3, 0.4) is 0 Å². The van der Waals surface area contributed by atoms with Crippen molar-refractivity contribution in [2.75, 3.05) is 31.1 Å². The molecule has 2 heterocycles. The van der Waals surface area contributed by atoms with Crippen molar-refractivity contribution in [3.05, 3.63) is 33.9 Å². The first kappa shape index (κ1) is 21.1. The fourth-order valence-electron chi connectivity index (χ4n) is 4.25. The van der Waals surface area contributed by atoms with Gasteiger partial charge in [-0.2, -0.15) is 0 Å². The van der Waals surface area contributed by atoms with Gasteiger partial charge < -0.3 is 14.5 Å². The lowest BCUT2D eigenvalue weighted by molar-refractivity contribution is -0.384. The van der Waals surface area contributed by atoms with Crippen LogP contribution in [0.15, 0.2) is 18.2 Å². The molecule has 158 valence electrons. The van der Waals surface area contributed by atoms with Gasteiger partial charge in [0.1, 0.15) is 5.69 Å². The van der Waals surface area contributed by atoms with Crippen LogP contribution in [0, 0.1) is 10.1 Å². The molecule has 0 bridgehead atoms. The SMILES string of the molecule is CC[C@@H]1CCCCN1C(=O)COC(=O)c1ccc(N2CCCCC2)c([N+](=O)[O-])c1. The normalized spacial score (nSPS) is 19.7. The number of anilines is 1. The van der Waals surface area contributed by atoms with E-state index in [0.717, 1.165) is 58.0 Å². The second kappa shape index (κ2) is 9.71. The summed E-state index contributed by atoms with van der Waals surface area (Å²) in [5.41, 5.74) is 0.520. The molecule has 8 heteroatoms. The molecule has 2 saturated heterocycles. The zero-order valence-corrected chi connectivity index (χ0v) is 17.0. The highest BCUT2D eigenvalue weighted by atomic mass is 16.6. The molecule has 0 spiro atoms. The summed E-state index contributed by atoms with van der Waals surface area (Å²) < 4.78 is 5.19. The number of amides is 1. The van der Waals surface area contributed by atoms with E-state index in [2.05, 4.69) is 0 Å². The van der Waals surface area contributed by atoms with E-state index in [1.807, 2.05) is 11.8 Å². The molecule has 0 aromatic heterocycles. The number of benzene rings is 1. The summed E-state index contributed by atoms with van der Waals surface area (Å²) in [5.74, 6) is -0.916. The Labute approximate surface area is 171 Å². The van der Waals surface area contributed by atoms with Gasteiger partial charge in [-0.3, -0.25) is 14.9 Å². The number of nitrogens with zero attached hydrogens (tertiary/aromatic N) is 3. The Morgan fingerprint density at radius 1 is 1.14 bits per heavy atom. The quantitative estimate of drug-likeness (QED) is 0.410. The van der Waals surface area contributed by atoms with E-state index in [-0.39, 0.29) is 29.8 Å². The lowest BCUT2D eigenvalue weighted by Crippen LogP contribution is -2.45. The van der Waals surface area contributed by atoms with Gasteiger partial charge in [0.25, 0.3) is 11.6 Å². The molecule has 1 aromatic rings. The van der Waals surface area contributed by atoms with Crippen molar-refractivity contribution in [1.82, 2.24) is 4.90 Å². The zero-order chi connectivity index (χ0) is 20.8. The van der Waals surface area contributed by atoms with Gasteiger partial charge in [0.15, 0.2) is 6.61 Å². The number of rotatable bonds is 6. The van der Waals surface area contributed by atoms with Gasteiger partial charge in [0.05, 0.1) is 10.5 Å². The Balaban J connectivity index is 1.66. The molecular formula is C21H29N3O5. The average Bonchev–Trinajstić information content (AvgIpc) is 2.77. The second-order valence-electron chi connectivity index (χ2n) is 7.73. The molecule has 0 radical (unpaired) electrons. The van der Waals surface area contributed by atoms with Crippen LogP contribution in [-0.2, 0) is 9.53 Å². The van der Waals surface area contributed by atoms with Crippen LogP contribution in [-0.4, -0.2) is 54.0 Å². The first-order chi connectivity index (χ1) is 14.0. The summed E-state index contributed by atoms with van der Waals surface area (Å²) >= 11 is 0. The van der Waals surface area contributed by atoms with Crippen LogP contribution in [0.25, 0.3) is 0 Å². The highest BCUT2D eigenvalue weighted by Gasteiger charge is 2.27. The van der Waals surface area contributed by atoms with Crippen LogP contribution in [0.2, 0.25) is 0 Å². The van der Waals surface area contributed by atoms with Crippen LogP contribution in [0.4, 0.5) is 11.4 Å². The number of nitro groups is 1. The zero-order valence-electron chi connectivity index (χ0n) is 17.0. The number of carbonyl (C=O) groups excluding carboxylic acids is 2. The number of hydrogen-bond acceptors (Lipinski definition) is 6. The molecule has 29 heavy (non-hydrogen) atoms.